The van der Waals surface area contributed by atoms with Crippen LogP contribution in [0.4, 0.5) is 5.69 Å². The number of hydrogen-bond donors (Lipinski definition) is 2. The van der Waals surface area contributed by atoms with E-state index in [1.807, 2.05) is 61.5 Å². The van der Waals surface area contributed by atoms with Crippen molar-refractivity contribution in [1.82, 2.24) is 0 Å². The lowest BCUT2D eigenvalue weighted by molar-refractivity contribution is -0.118. The highest BCUT2D eigenvalue weighted by molar-refractivity contribution is 5.83. The number of rotatable bonds is 5. The fourth-order valence-electron chi connectivity index (χ4n) is 2.00. The number of carbonyl (C=O) groups excluding carboxylic acids is 1. The van der Waals surface area contributed by atoms with Crippen molar-refractivity contribution >= 4 is 11.6 Å². The summed E-state index contributed by atoms with van der Waals surface area (Å²) in [5.41, 5.74) is 8.62. The Morgan fingerprint density at radius 2 is 1.74 bits per heavy atom. The van der Waals surface area contributed by atoms with E-state index in [4.69, 9.17) is 5.73 Å². The van der Waals surface area contributed by atoms with Crippen molar-refractivity contribution in [1.29, 1.82) is 0 Å². The molecule has 0 aliphatic heterocycles. The van der Waals surface area contributed by atoms with Gasteiger partial charge >= 0.3 is 0 Å². The van der Waals surface area contributed by atoms with Gasteiger partial charge in [-0.25, -0.2) is 0 Å². The van der Waals surface area contributed by atoms with E-state index in [-0.39, 0.29) is 5.91 Å². The molecule has 0 aromatic heterocycles. The lowest BCUT2D eigenvalue weighted by Crippen LogP contribution is -2.37. The molecule has 0 fully saturated rings. The molecular formula is C16H18N2O. The molecule has 0 radical (unpaired) electrons. The lowest BCUT2D eigenvalue weighted by atomic mass is 10.0. The van der Waals surface area contributed by atoms with E-state index in [1.165, 1.54) is 0 Å². The Hall–Kier alpha value is -2.29. The van der Waals surface area contributed by atoms with Crippen LogP contribution in [0, 0.1) is 6.92 Å². The first kappa shape index (κ1) is 13.1. The standard InChI is InChI=1S/C16H18N2O/c1-12-7-5-6-10-14(12)18-15(16(17)19)11-13-8-3-2-4-9-13/h2-10,15,18H,11H2,1H3,(H2,17,19). The van der Waals surface area contributed by atoms with Crippen LogP contribution in [-0.4, -0.2) is 11.9 Å². The third-order valence-electron chi connectivity index (χ3n) is 3.10. The number of nitrogens with two attached hydrogens (primary N) is 1. The summed E-state index contributed by atoms with van der Waals surface area (Å²) in [6.07, 6.45) is 0.588. The van der Waals surface area contributed by atoms with E-state index in [2.05, 4.69) is 5.32 Å². The quantitative estimate of drug-likeness (QED) is 0.861. The highest BCUT2D eigenvalue weighted by atomic mass is 16.1. The minimum Gasteiger partial charge on any atom is -0.373 e. The summed E-state index contributed by atoms with van der Waals surface area (Å²) in [6, 6.07) is 17.3. The molecule has 3 heteroatoms. The van der Waals surface area contributed by atoms with Gasteiger partial charge in [0.15, 0.2) is 0 Å². The molecule has 0 aliphatic carbocycles. The molecule has 0 heterocycles. The zero-order valence-electron chi connectivity index (χ0n) is 11.0. The molecule has 3 N–H and O–H groups in total. The fraction of sp³-hybridized carbons (Fsp3) is 0.188. The summed E-state index contributed by atoms with van der Waals surface area (Å²) in [7, 11) is 0. The third-order valence-corrected chi connectivity index (χ3v) is 3.10. The maximum atomic E-state index is 11.6. The van der Waals surface area contributed by atoms with Gasteiger partial charge in [0.2, 0.25) is 5.91 Å². The Kier molecular flexibility index (Phi) is 4.18. The first-order chi connectivity index (χ1) is 9.16. The molecule has 1 amide bonds. The Morgan fingerprint density at radius 1 is 1.11 bits per heavy atom. The second kappa shape index (κ2) is 6.05. The number of primary amides is 1. The summed E-state index contributed by atoms with van der Waals surface area (Å²) in [6.45, 7) is 2.00. The Morgan fingerprint density at radius 3 is 2.37 bits per heavy atom. The maximum Gasteiger partial charge on any atom is 0.240 e. The summed E-state index contributed by atoms with van der Waals surface area (Å²) in [5.74, 6) is -0.341. The SMILES string of the molecule is Cc1ccccc1NC(Cc1ccccc1)C(N)=O. The molecule has 2 aromatic carbocycles. The first-order valence-corrected chi connectivity index (χ1v) is 6.32. The molecule has 3 nitrogen and oxygen atoms in total. The average Bonchev–Trinajstić information content (AvgIpc) is 2.41. The number of aryl methyl sites for hydroxylation is 1. The van der Waals surface area contributed by atoms with Crippen LogP contribution in [0.3, 0.4) is 0 Å². The van der Waals surface area contributed by atoms with E-state index in [1.54, 1.807) is 0 Å². The number of hydrogen-bond acceptors (Lipinski definition) is 2. The molecule has 1 atom stereocenters. The van der Waals surface area contributed by atoms with Crippen LogP contribution in [0.15, 0.2) is 54.6 Å². The second-order valence-electron chi connectivity index (χ2n) is 4.60. The van der Waals surface area contributed by atoms with E-state index >= 15 is 0 Å². The minimum absolute atomic E-state index is 0.341. The predicted octanol–water partition coefficient (Wildman–Crippen LogP) is 2.50. The Bertz CT molecular complexity index is 552. The summed E-state index contributed by atoms with van der Waals surface area (Å²) in [4.78, 5) is 11.6. The molecule has 2 aromatic rings. The largest absolute Gasteiger partial charge is 0.373 e. The van der Waals surface area contributed by atoms with Crippen molar-refractivity contribution < 1.29 is 4.79 Å². The van der Waals surface area contributed by atoms with Crippen LogP contribution in [0.1, 0.15) is 11.1 Å². The number of anilines is 1. The molecule has 2 rings (SSSR count). The van der Waals surface area contributed by atoms with E-state index < -0.39 is 6.04 Å². The van der Waals surface area contributed by atoms with Gasteiger partial charge in [0.1, 0.15) is 6.04 Å². The van der Waals surface area contributed by atoms with Gasteiger partial charge in [-0.3, -0.25) is 4.79 Å². The van der Waals surface area contributed by atoms with Crippen LogP contribution in [0.2, 0.25) is 0 Å². The summed E-state index contributed by atoms with van der Waals surface area (Å²) < 4.78 is 0. The minimum atomic E-state index is -0.400. The fourth-order valence-corrected chi connectivity index (χ4v) is 2.00. The topological polar surface area (TPSA) is 55.1 Å². The molecule has 0 saturated carbocycles. The van der Waals surface area contributed by atoms with Gasteiger partial charge in [-0.1, -0.05) is 48.5 Å². The number of amides is 1. The first-order valence-electron chi connectivity index (χ1n) is 6.32. The molecule has 0 spiro atoms. The van der Waals surface area contributed by atoms with Crippen molar-refractivity contribution in [3.05, 3.63) is 65.7 Å². The Labute approximate surface area is 113 Å². The van der Waals surface area contributed by atoms with E-state index in [9.17, 15) is 4.79 Å². The van der Waals surface area contributed by atoms with Gasteiger partial charge < -0.3 is 11.1 Å². The normalized spacial score (nSPS) is 11.8. The summed E-state index contributed by atoms with van der Waals surface area (Å²) >= 11 is 0. The Balaban J connectivity index is 2.13. The highest BCUT2D eigenvalue weighted by Gasteiger charge is 2.16. The van der Waals surface area contributed by atoms with Crippen molar-refractivity contribution in [3.63, 3.8) is 0 Å². The van der Waals surface area contributed by atoms with Gasteiger partial charge in [-0.05, 0) is 24.1 Å². The van der Waals surface area contributed by atoms with Gasteiger partial charge in [0, 0.05) is 12.1 Å². The summed E-state index contributed by atoms with van der Waals surface area (Å²) in [5, 5.41) is 3.22. The number of para-hydroxylation sites is 1. The van der Waals surface area contributed by atoms with Gasteiger partial charge in [-0.15, -0.1) is 0 Å². The maximum absolute atomic E-state index is 11.6. The van der Waals surface area contributed by atoms with Gasteiger partial charge in [0.25, 0.3) is 0 Å². The second-order valence-corrected chi connectivity index (χ2v) is 4.60. The monoisotopic (exact) mass is 254 g/mol. The van der Waals surface area contributed by atoms with Crippen LogP contribution in [0.5, 0.6) is 0 Å². The number of benzene rings is 2. The zero-order chi connectivity index (χ0) is 13.7. The highest BCUT2D eigenvalue weighted by Crippen LogP contribution is 2.16. The van der Waals surface area contributed by atoms with E-state index in [0.29, 0.717) is 6.42 Å². The molecule has 98 valence electrons. The van der Waals surface area contributed by atoms with Crippen molar-refractivity contribution in [3.8, 4) is 0 Å². The lowest BCUT2D eigenvalue weighted by Gasteiger charge is -2.18. The number of nitrogens with one attached hydrogen (secondary N) is 1. The predicted molar refractivity (Wildman–Crippen MR) is 77.9 cm³/mol. The van der Waals surface area contributed by atoms with Crippen molar-refractivity contribution in [2.75, 3.05) is 5.32 Å². The number of carbonyl (C=O) groups is 1. The molecule has 0 aliphatic rings. The zero-order valence-corrected chi connectivity index (χ0v) is 11.0. The van der Waals surface area contributed by atoms with Crippen LogP contribution in [-0.2, 0) is 11.2 Å². The molecule has 0 bridgehead atoms. The average molecular weight is 254 g/mol. The third kappa shape index (κ3) is 3.58. The smallest absolute Gasteiger partial charge is 0.240 e. The van der Waals surface area contributed by atoms with Crippen LogP contribution in [0.25, 0.3) is 0 Å². The van der Waals surface area contributed by atoms with Crippen LogP contribution < -0.4 is 11.1 Å². The molecule has 1 unspecified atom stereocenters. The van der Waals surface area contributed by atoms with E-state index in [0.717, 1.165) is 16.8 Å². The van der Waals surface area contributed by atoms with Crippen molar-refractivity contribution in [2.24, 2.45) is 5.73 Å². The molecule has 0 saturated heterocycles. The van der Waals surface area contributed by atoms with Crippen molar-refractivity contribution in [2.45, 2.75) is 19.4 Å². The van der Waals surface area contributed by atoms with Gasteiger partial charge in [-0.2, -0.15) is 0 Å². The molecular weight excluding hydrogens is 236 g/mol. The van der Waals surface area contributed by atoms with Gasteiger partial charge in [0.05, 0.1) is 0 Å². The molecule has 19 heavy (non-hydrogen) atoms. The van der Waals surface area contributed by atoms with Crippen LogP contribution >= 0.6 is 0 Å².